The van der Waals surface area contributed by atoms with Crippen molar-refractivity contribution in [3.05, 3.63) is 108 Å². The molecule has 0 spiro atoms. The average Bonchev–Trinajstić information content (AvgIpc) is 2.90. The van der Waals surface area contributed by atoms with Gasteiger partial charge >= 0.3 is 6.03 Å². The van der Waals surface area contributed by atoms with Gasteiger partial charge in [-0.1, -0.05) is 84.9 Å². The zero-order valence-corrected chi connectivity index (χ0v) is 21.3. The molecular formula is C29H31N3O3S. The van der Waals surface area contributed by atoms with E-state index in [9.17, 15) is 13.2 Å². The van der Waals surface area contributed by atoms with E-state index < -0.39 is 9.84 Å². The van der Waals surface area contributed by atoms with Gasteiger partial charge in [0.1, 0.15) is 0 Å². The first kappa shape index (κ1) is 25.3. The zero-order chi connectivity index (χ0) is 25.5. The Hall–Kier alpha value is -3.84. The predicted octanol–water partition coefficient (Wildman–Crippen LogP) is 5.16. The molecule has 0 aliphatic carbocycles. The number of anilines is 1. The molecule has 4 rings (SSSR count). The minimum Gasteiger partial charge on any atom is -0.377 e. The minimum atomic E-state index is -3.53. The molecule has 0 aliphatic heterocycles. The summed E-state index contributed by atoms with van der Waals surface area (Å²) in [6, 6.07) is 29.9. The van der Waals surface area contributed by atoms with Crippen molar-refractivity contribution in [2.24, 2.45) is 0 Å². The van der Waals surface area contributed by atoms with Crippen molar-refractivity contribution in [2.45, 2.75) is 17.4 Å². The van der Waals surface area contributed by atoms with Gasteiger partial charge in [0.05, 0.1) is 16.7 Å². The molecule has 2 N–H and O–H groups in total. The highest BCUT2D eigenvalue weighted by Crippen LogP contribution is 2.30. The fraction of sp³-hybridized carbons (Fsp3) is 0.207. The predicted molar refractivity (Wildman–Crippen MR) is 146 cm³/mol. The number of rotatable bonds is 9. The maximum absolute atomic E-state index is 13.2. The van der Waals surface area contributed by atoms with Crippen LogP contribution in [-0.4, -0.2) is 40.8 Å². The minimum absolute atomic E-state index is 0.0562. The summed E-state index contributed by atoms with van der Waals surface area (Å²) in [4.78, 5) is 15.0. The van der Waals surface area contributed by atoms with Gasteiger partial charge < -0.3 is 15.5 Å². The van der Waals surface area contributed by atoms with Crippen molar-refractivity contribution in [1.82, 2.24) is 10.6 Å². The molecule has 0 heterocycles. The first-order valence-corrected chi connectivity index (χ1v) is 13.6. The van der Waals surface area contributed by atoms with Crippen LogP contribution < -0.4 is 15.5 Å². The fourth-order valence-electron chi connectivity index (χ4n) is 4.33. The summed E-state index contributed by atoms with van der Waals surface area (Å²) in [5.74, 6) is -0.0562. The maximum atomic E-state index is 13.2. The third-order valence-corrected chi connectivity index (χ3v) is 7.94. The molecule has 0 atom stereocenters. The van der Waals surface area contributed by atoms with Gasteiger partial charge in [-0.15, -0.1) is 0 Å². The first-order valence-electron chi connectivity index (χ1n) is 11.9. The molecule has 6 nitrogen and oxygen atoms in total. The monoisotopic (exact) mass is 501 g/mol. The van der Waals surface area contributed by atoms with Crippen molar-refractivity contribution in [1.29, 1.82) is 0 Å². The summed E-state index contributed by atoms with van der Waals surface area (Å²) in [6.07, 6.45) is 0.306. The number of nitrogens with zero attached hydrogens (tertiary/aromatic N) is 1. The number of amides is 2. The fourth-order valence-corrected chi connectivity index (χ4v) is 5.88. The van der Waals surface area contributed by atoms with E-state index in [1.54, 1.807) is 12.1 Å². The Morgan fingerprint density at radius 2 is 1.36 bits per heavy atom. The van der Waals surface area contributed by atoms with Gasteiger partial charge in [-0.2, -0.15) is 0 Å². The molecular weight excluding hydrogens is 470 g/mol. The summed E-state index contributed by atoms with van der Waals surface area (Å²) in [7, 11) is 0.348. The maximum Gasteiger partial charge on any atom is 0.315 e. The lowest BCUT2D eigenvalue weighted by Gasteiger charge is -2.20. The number of carbonyl (C=O) groups is 1. The summed E-state index contributed by atoms with van der Waals surface area (Å²) in [5.41, 5.74) is 2.90. The van der Waals surface area contributed by atoms with E-state index in [1.165, 1.54) is 0 Å². The van der Waals surface area contributed by atoms with Crippen LogP contribution in [0.2, 0.25) is 0 Å². The van der Waals surface area contributed by atoms with Crippen LogP contribution >= 0.6 is 0 Å². The Bertz CT molecular complexity index is 1380. The van der Waals surface area contributed by atoms with Crippen LogP contribution in [0.4, 0.5) is 10.5 Å². The number of fused-ring (bicyclic) bond motifs is 1. The van der Waals surface area contributed by atoms with Gasteiger partial charge in [0, 0.05) is 37.1 Å². The van der Waals surface area contributed by atoms with E-state index in [0.29, 0.717) is 16.7 Å². The highest BCUT2D eigenvalue weighted by molar-refractivity contribution is 7.91. The Labute approximate surface area is 212 Å². The van der Waals surface area contributed by atoms with Gasteiger partial charge in [-0.05, 0) is 29.7 Å². The van der Waals surface area contributed by atoms with Crippen molar-refractivity contribution in [3.8, 4) is 0 Å². The first-order chi connectivity index (χ1) is 17.4. The third kappa shape index (κ3) is 5.86. The van der Waals surface area contributed by atoms with Crippen molar-refractivity contribution < 1.29 is 13.2 Å². The molecule has 36 heavy (non-hydrogen) atoms. The highest BCUT2D eigenvalue weighted by Gasteiger charge is 2.19. The van der Waals surface area contributed by atoms with Crippen LogP contribution in [0.1, 0.15) is 23.6 Å². The summed E-state index contributed by atoms with van der Waals surface area (Å²) >= 11 is 0. The standard InChI is InChI=1S/C29H31N3O3S/c1-32(2)26-18-9-17-25-24(26)16-10-19-27(25)36(34,35)21-11-20-30-29(33)31-28(22-12-5-3-6-13-22)23-14-7-4-8-15-23/h3-10,12-19,28H,11,20-21H2,1-2H3,(H2,30,31,33). The average molecular weight is 502 g/mol. The van der Waals surface area contributed by atoms with Crippen molar-refractivity contribution >= 4 is 32.3 Å². The molecule has 0 unspecified atom stereocenters. The molecule has 0 aromatic heterocycles. The van der Waals surface area contributed by atoms with Crippen LogP contribution in [0, 0.1) is 0 Å². The Kier molecular flexibility index (Phi) is 7.90. The van der Waals surface area contributed by atoms with E-state index >= 15 is 0 Å². The topological polar surface area (TPSA) is 78.5 Å². The van der Waals surface area contributed by atoms with Crippen LogP contribution in [0.3, 0.4) is 0 Å². The Balaban J connectivity index is 1.40. The highest BCUT2D eigenvalue weighted by atomic mass is 32.2. The Morgan fingerprint density at radius 1 is 0.778 bits per heavy atom. The van der Waals surface area contributed by atoms with E-state index in [4.69, 9.17) is 0 Å². The second kappa shape index (κ2) is 11.3. The number of hydrogen-bond acceptors (Lipinski definition) is 4. The largest absolute Gasteiger partial charge is 0.377 e. The van der Waals surface area contributed by atoms with Crippen LogP contribution in [0.15, 0.2) is 102 Å². The normalized spacial score (nSPS) is 11.4. The Morgan fingerprint density at radius 3 is 1.97 bits per heavy atom. The van der Waals surface area contributed by atoms with Gasteiger partial charge in [-0.25, -0.2) is 13.2 Å². The molecule has 2 amide bonds. The van der Waals surface area contributed by atoms with Gasteiger partial charge in [0.25, 0.3) is 0 Å². The number of urea groups is 1. The van der Waals surface area contributed by atoms with Gasteiger partial charge in [0.2, 0.25) is 0 Å². The lowest BCUT2D eigenvalue weighted by molar-refractivity contribution is 0.238. The smallest absolute Gasteiger partial charge is 0.315 e. The van der Waals surface area contributed by atoms with Crippen molar-refractivity contribution in [3.63, 3.8) is 0 Å². The van der Waals surface area contributed by atoms with Gasteiger partial charge in [-0.3, -0.25) is 0 Å². The molecule has 0 radical (unpaired) electrons. The quantitative estimate of drug-likeness (QED) is 0.311. The van der Waals surface area contributed by atoms with Crippen LogP contribution in [0.25, 0.3) is 10.8 Å². The summed E-state index contributed by atoms with van der Waals surface area (Å²) in [6.45, 7) is 0.245. The molecule has 0 saturated heterocycles. The van der Waals surface area contributed by atoms with E-state index in [-0.39, 0.29) is 24.4 Å². The molecule has 7 heteroatoms. The summed E-state index contributed by atoms with van der Waals surface area (Å²) in [5, 5.41) is 7.44. The molecule has 0 fully saturated rings. The molecule has 186 valence electrons. The third-order valence-electron chi connectivity index (χ3n) is 6.09. The molecule has 4 aromatic rings. The molecule has 0 aliphatic rings. The lowest BCUT2D eigenvalue weighted by atomic mass is 9.99. The van der Waals surface area contributed by atoms with Crippen LogP contribution in [-0.2, 0) is 9.84 Å². The van der Waals surface area contributed by atoms with E-state index in [1.807, 2.05) is 104 Å². The second-order valence-electron chi connectivity index (χ2n) is 8.85. The number of hydrogen-bond donors (Lipinski definition) is 2. The number of benzene rings is 4. The van der Waals surface area contributed by atoms with E-state index in [2.05, 4.69) is 10.6 Å². The van der Waals surface area contributed by atoms with Crippen LogP contribution in [0.5, 0.6) is 0 Å². The lowest BCUT2D eigenvalue weighted by Crippen LogP contribution is -2.39. The molecule has 0 bridgehead atoms. The number of carbonyl (C=O) groups excluding carboxylic acids is 1. The SMILES string of the molecule is CN(C)c1cccc2c(S(=O)(=O)CCCNC(=O)NC(c3ccccc3)c3ccccc3)cccc12. The summed E-state index contributed by atoms with van der Waals surface area (Å²) < 4.78 is 26.4. The molecule has 4 aromatic carbocycles. The number of nitrogens with one attached hydrogen (secondary N) is 2. The van der Waals surface area contributed by atoms with Gasteiger partial charge in [0.15, 0.2) is 9.84 Å². The number of sulfone groups is 1. The van der Waals surface area contributed by atoms with E-state index in [0.717, 1.165) is 22.2 Å². The second-order valence-corrected chi connectivity index (χ2v) is 10.9. The zero-order valence-electron chi connectivity index (χ0n) is 20.5. The molecule has 0 saturated carbocycles. The van der Waals surface area contributed by atoms with Crippen molar-refractivity contribution in [2.75, 3.05) is 31.3 Å².